The molecule has 2 aromatic heterocycles. The summed E-state index contributed by atoms with van der Waals surface area (Å²) in [6.45, 7) is 3.91. The molecule has 0 bridgehead atoms. The second kappa shape index (κ2) is 8.22. The Balaban J connectivity index is 2.00. The first-order valence-electron chi connectivity index (χ1n) is 8.81. The molecule has 0 unspecified atom stereocenters. The van der Waals surface area contributed by atoms with Crippen molar-refractivity contribution in [2.45, 2.75) is 26.3 Å². The van der Waals surface area contributed by atoms with Crippen molar-refractivity contribution < 1.29 is 24.1 Å². The molecule has 1 N–H and O–H groups in total. The summed E-state index contributed by atoms with van der Waals surface area (Å²) in [7, 11) is 1.64. The first kappa shape index (κ1) is 18.9. The highest BCUT2D eigenvalue weighted by atomic mass is 16.5. The third-order valence-electron chi connectivity index (χ3n) is 4.29. The van der Waals surface area contributed by atoms with Crippen molar-refractivity contribution in [3.8, 4) is 23.0 Å². The molecule has 27 heavy (non-hydrogen) atoms. The fourth-order valence-corrected chi connectivity index (χ4v) is 3.02. The lowest BCUT2D eigenvalue weighted by molar-refractivity contribution is 0.0694. The van der Waals surface area contributed by atoms with Crippen molar-refractivity contribution in [3.63, 3.8) is 0 Å². The van der Waals surface area contributed by atoms with Crippen molar-refractivity contribution in [2.75, 3.05) is 26.9 Å². The monoisotopic (exact) mass is 374 g/mol. The summed E-state index contributed by atoms with van der Waals surface area (Å²) in [5.74, 6) is -0.314. The molecule has 8 nitrogen and oxygen atoms in total. The van der Waals surface area contributed by atoms with Crippen molar-refractivity contribution in [3.05, 3.63) is 39.7 Å². The minimum Gasteiger partial charge on any atom is -0.488 e. The van der Waals surface area contributed by atoms with Crippen molar-refractivity contribution in [2.24, 2.45) is 0 Å². The Bertz CT molecular complexity index is 906. The molecule has 0 radical (unpaired) electrons. The van der Waals surface area contributed by atoms with Gasteiger partial charge in [-0.3, -0.25) is 4.79 Å². The Morgan fingerprint density at radius 1 is 1.30 bits per heavy atom. The normalized spacial score (nSPS) is 12.2. The van der Waals surface area contributed by atoms with Crippen molar-refractivity contribution in [1.29, 1.82) is 0 Å². The molecule has 0 amide bonds. The van der Waals surface area contributed by atoms with Crippen LogP contribution in [-0.4, -0.2) is 47.6 Å². The van der Waals surface area contributed by atoms with Crippen LogP contribution >= 0.6 is 0 Å². The smallest absolute Gasteiger partial charge is 0.341 e. The molecule has 0 fully saturated rings. The number of aryl methyl sites for hydroxylation is 2. The van der Waals surface area contributed by atoms with E-state index in [0.29, 0.717) is 55.8 Å². The van der Waals surface area contributed by atoms with Gasteiger partial charge in [-0.05, 0) is 25.0 Å². The Hall–Kier alpha value is -2.87. The second-order valence-electron chi connectivity index (χ2n) is 6.11. The zero-order valence-electron chi connectivity index (χ0n) is 15.4. The minimum absolute atomic E-state index is 0.245. The highest BCUT2D eigenvalue weighted by Gasteiger charge is 2.23. The van der Waals surface area contributed by atoms with Crippen molar-refractivity contribution in [1.82, 2.24) is 9.55 Å². The van der Waals surface area contributed by atoms with Gasteiger partial charge in [0.25, 0.3) is 5.88 Å². The van der Waals surface area contributed by atoms with Gasteiger partial charge in [0, 0.05) is 38.9 Å². The van der Waals surface area contributed by atoms with E-state index in [1.807, 2.05) is 13.0 Å². The first-order chi connectivity index (χ1) is 13.0. The van der Waals surface area contributed by atoms with Gasteiger partial charge in [-0.25, -0.2) is 9.78 Å². The van der Waals surface area contributed by atoms with E-state index in [0.717, 1.165) is 12.0 Å². The highest BCUT2D eigenvalue weighted by Crippen LogP contribution is 2.35. The van der Waals surface area contributed by atoms with E-state index in [2.05, 4.69) is 4.98 Å². The zero-order valence-corrected chi connectivity index (χ0v) is 15.4. The molecule has 0 saturated heterocycles. The molecule has 1 aliphatic heterocycles. The van der Waals surface area contributed by atoms with Gasteiger partial charge >= 0.3 is 5.97 Å². The number of carboxylic acid groups (broad SMARTS) is 1. The van der Waals surface area contributed by atoms with Crippen LogP contribution in [0.25, 0.3) is 11.4 Å². The lowest BCUT2D eigenvalue weighted by atomic mass is 10.0. The molecule has 3 heterocycles. The summed E-state index contributed by atoms with van der Waals surface area (Å²) < 4.78 is 18.2. The predicted molar refractivity (Wildman–Crippen MR) is 97.8 cm³/mol. The van der Waals surface area contributed by atoms with E-state index in [9.17, 15) is 9.59 Å². The molecule has 8 heteroatoms. The van der Waals surface area contributed by atoms with Crippen LogP contribution in [0.2, 0.25) is 0 Å². The molecule has 0 saturated carbocycles. The maximum Gasteiger partial charge on any atom is 0.341 e. The highest BCUT2D eigenvalue weighted by molar-refractivity contribution is 5.87. The number of aromatic nitrogens is 2. The number of nitrogens with zero attached hydrogens (tertiary/aromatic N) is 2. The van der Waals surface area contributed by atoms with Gasteiger partial charge in [0.15, 0.2) is 11.2 Å². The number of fused-ring (bicyclic) bond motifs is 3. The average Bonchev–Trinajstić information content (AvgIpc) is 2.65. The Labute approximate surface area is 156 Å². The van der Waals surface area contributed by atoms with Gasteiger partial charge in [-0.1, -0.05) is 0 Å². The molecular weight excluding hydrogens is 352 g/mol. The fraction of sp³-hybridized carbons (Fsp3) is 0.421. The quantitative estimate of drug-likeness (QED) is 0.705. The molecule has 1 aliphatic rings. The lowest BCUT2D eigenvalue weighted by Crippen LogP contribution is -2.22. The van der Waals surface area contributed by atoms with Crippen LogP contribution in [0.15, 0.2) is 23.1 Å². The second-order valence-corrected chi connectivity index (χ2v) is 6.11. The molecule has 144 valence electrons. The third kappa shape index (κ3) is 3.95. The van der Waals surface area contributed by atoms with Gasteiger partial charge in [0.1, 0.15) is 5.56 Å². The van der Waals surface area contributed by atoms with Gasteiger partial charge in [0.2, 0.25) is 0 Å². The van der Waals surface area contributed by atoms with Gasteiger partial charge in [-0.2, -0.15) is 0 Å². The molecule has 0 aromatic carbocycles. The van der Waals surface area contributed by atoms with Gasteiger partial charge in [-0.15, -0.1) is 0 Å². The molecule has 2 aromatic rings. The third-order valence-corrected chi connectivity index (χ3v) is 4.29. The number of carbonyl (C=O) groups is 1. The number of pyridine rings is 2. The molecular formula is C19H22N2O6. The Morgan fingerprint density at radius 3 is 2.81 bits per heavy atom. The number of methoxy groups -OCH3 is 1. The zero-order chi connectivity index (χ0) is 19.4. The first-order valence-corrected chi connectivity index (χ1v) is 8.81. The summed E-state index contributed by atoms with van der Waals surface area (Å²) in [4.78, 5) is 27.9. The fourth-order valence-electron chi connectivity index (χ4n) is 3.02. The average molecular weight is 374 g/mol. The lowest BCUT2D eigenvalue weighted by Gasteiger charge is -2.23. The topological polar surface area (TPSA) is 99.9 Å². The summed E-state index contributed by atoms with van der Waals surface area (Å²) in [6.07, 6.45) is 2.77. The Kier molecular flexibility index (Phi) is 5.75. The van der Waals surface area contributed by atoms with Crippen LogP contribution < -0.4 is 14.9 Å². The van der Waals surface area contributed by atoms with Crippen LogP contribution in [0.4, 0.5) is 0 Å². The van der Waals surface area contributed by atoms with E-state index < -0.39 is 11.4 Å². The van der Waals surface area contributed by atoms with Crippen molar-refractivity contribution >= 4 is 5.97 Å². The number of hydrogen-bond donors (Lipinski definition) is 1. The number of aromatic carboxylic acids is 1. The van der Waals surface area contributed by atoms with Gasteiger partial charge < -0.3 is 23.9 Å². The van der Waals surface area contributed by atoms with E-state index >= 15 is 0 Å². The summed E-state index contributed by atoms with van der Waals surface area (Å²) >= 11 is 0. The Morgan fingerprint density at radius 2 is 2.11 bits per heavy atom. The van der Waals surface area contributed by atoms with Crippen LogP contribution in [0.5, 0.6) is 11.6 Å². The maximum atomic E-state index is 12.1. The predicted octanol–water partition coefficient (Wildman–Crippen LogP) is 1.98. The van der Waals surface area contributed by atoms with E-state index in [-0.39, 0.29) is 5.56 Å². The van der Waals surface area contributed by atoms with Crippen LogP contribution in [0.3, 0.4) is 0 Å². The van der Waals surface area contributed by atoms with E-state index in [1.165, 1.54) is 12.3 Å². The number of rotatable bonds is 8. The number of ether oxygens (including phenoxy) is 3. The molecule has 0 spiro atoms. The summed E-state index contributed by atoms with van der Waals surface area (Å²) in [5.41, 5.74) is 1.34. The van der Waals surface area contributed by atoms with E-state index in [1.54, 1.807) is 11.7 Å². The minimum atomic E-state index is -1.23. The summed E-state index contributed by atoms with van der Waals surface area (Å²) in [6, 6.07) is 3.21. The largest absolute Gasteiger partial charge is 0.488 e. The van der Waals surface area contributed by atoms with Crippen LogP contribution in [-0.2, 0) is 17.7 Å². The molecule has 3 rings (SSSR count). The van der Waals surface area contributed by atoms with Crippen LogP contribution in [0, 0.1) is 0 Å². The van der Waals surface area contributed by atoms with E-state index in [4.69, 9.17) is 19.3 Å². The number of hydrogen-bond acceptors (Lipinski definition) is 6. The molecule has 0 atom stereocenters. The number of carboxylic acids is 1. The van der Waals surface area contributed by atoms with Crippen LogP contribution in [0.1, 0.15) is 29.3 Å². The molecule has 0 aliphatic carbocycles. The standard InChI is InChI=1S/C19H22N2O6/c1-3-26-18-16(27-8-4-7-25-2)9-12-5-6-21-11-13(19(23)24)15(22)10-14(21)17(12)20-18/h9-11H,3-8H2,1-2H3,(H,23,24). The van der Waals surface area contributed by atoms with Gasteiger partial charge in [0.05, 0.1) is 24.6 Å². The SMILES string of the molecule is CCOc1nc2c(cc1OCCCOC)CCn1cc(C(=O)O)c(=O)cc1-2. The summed E-state index contributed by atoms with van der Waals surface area (Å²) in [5, 5.41) is 9.16. The maximum absolute atomic E-state index is 12.1.